The molecule has 0 aliphatic heterocycles. The molecule has 2 aliphatic rings. The van der Waals surface area contributed by atoms with Crippen molar-refractivity contribution in [2.45, 2.75) is 110 Å². The molecule has 290 valence electrons. The van der Waals surface area contributed by atoms with Crippen LogP contribution >= 0.6 is 0 Å². The number of ketones is 1. The van der Waals surface area contributed by atoms with Crippen molar-refractivity contribution in [2.24, 2.45) is 17.3 Å². The van der Waals surface area contributed by atoms with E-state index in [1.54, 1.807) is 6.92 Å². The SMILES string of the molecule is C=C(C(=O)O[C@@H]1[C@@H]2[C@@H](O)C(=C)[C@H](OC(=O)C(C)=CC)[C@@H](OC(C)=O)[C@@H](OC(=O)c3cccnc3)C(C)(C)C=C[C@@](C)(O)C(=O)[C@@]2(O)C[C@@H]1C)[C@H](C)OO. The number of carbonyl (C=O) groups excluding carboxylic acids is 5. The highest BCUT2D eigenvalue weighted by molar-refractivity contribution is 5.97. The molecule has 2 aliphatic carbocycles. The molecule has 0 amide bonds. The van der Waals surface area contributed by atoms with Crippen LogP contribution in [0.2, 0.25) is 0 Å². The van der Waals surface area contributed by atoms with Gasteiger partial charge in [-0.1, -0.05) is 46.1 Å². The van der Waals surface area contributed by atoms with Gasteiger partial charge in [-0.2, -0.15) is 0 Å². The zero-order valence-corrected chi connectivity index (χ0v) is 31.1. The molecule has 1 saturated carbocycles. The summed E-state index contributed by atoms with van der Waals surface area (Å²) in [5, 5.41) is 45.3. The van der Waals surface area contributed by atoms with Crippen molar-refractivity contribution in [3.8, 4) is 0 Å². The van der Waals surface area contributed by atoms with Crippen LogP contribution in [-0.2, 0) is 43.0 Å². The smallest absolute Gasteiger partial charge is 0.340 e. The van der Waals surface area contributed by atoms with E-state index in [1.807, 2.05) is 0 Å². The van der Waals surface area contributed by atoms with Crippen LogP contribution in [0.1, 0.15) is 72.2 Å². The summed E-state index contributed by atoms with van der Waals surface area (Å²) in [7, 11) is 0. The van der Waals surface area contributed by atoms with Gasteiger partial charge in [0.15, 0.2) is 24.1 Å². The maximum Gasteiger partial charge on any atom is 0.340 e. The van der Waals surface area contributed by atoms with Crippen LogP contribution < -0.4 is 0 Å². The standard InChI is InChI=1S/C38H49NO14/c1-11-19(2)32(42)51-29-22(5)27(41)26-28(50-33(43)21(4)23(6)53-48)20(3)17-38(26,47)35(45)37(10,46)15-14-36(8,9)31(30(29)49-24(7)40)52-34(44)25-13-12-16-39-18-25/h11-16,18,20,23,26-31,41,46-48H,4-5,17H2,1-3,6-10H3/t20-,23-,26-,27-,28-,29-,30+,31+,37+,38+/m0/s1. The summed E-state index contributed by atoms with van der Waals surface area (Å²) in [6.45, 7) is 18.6. The summed E-state index contributed by atoms with van der Waals surface area (Å²) in [4.78, 5) is 75.4. The van der Waals surface area contributed by atoms with E-state index in [-0.39, 0.29) is 16.7 Å². The van der Waals surface area contributed by atoms with E-state index in [1.165, 1.54) is 71.3 Å². The second kappa shape index (κ2) is 16.6. The van der Waals surface area contributed by atoms with Crippen molar-refractivity contribution in [1.82, 2.24) is 4.98 Å². The third-order valence-corrected chi connectivity index (χ3v) is 9.78. The lowest BCUT2D eigenvalue weighted by Gasteiger charge is -2.44. The molecule has 0 unspecified atom stereocenters. The number of aliphatic hydroxyl groups excluding tert-OH is 1. The maximum absolute atomic E-state index is 14.3. The van der Waals surface area contributed by atoms with Gasteiger partial charge in [-0.15, -0.1) is 0 Å². The number of nitrogens with zero attached hydrogens (tertiary/aromatic N) is 1. The fraction of sp³-hybridized carbons (Fsp3) is 0.526. The number of Topliss-reactive ketones (excluding diaryl/α,β-unsaturated/α-hetero) is 1. The summed E-state index contributed by atoms with van der Waals surface area (Å²) >= 11 is 0. The molecule has 1 fully saturated rings. The number of rotatable bonds is 9. The number of carbonyl (C=O) groups is 5. The van der Waals surface area contributed by atoms with E-state index in [2.05, 4.69) is 23.0 Å². The van der Waals surface area contributed by atoms with Crippen LogP contribution in [0.25, 0.3) is 0 Å². The minimum atomic E-state index is -2.62. The Morgan fingerprint density at radius 3 is 2.21 bits per heavy atom. The van der Waals surface area contributed by atoms with Crippen molar-refractivity contribution in [2.75, 3.05) is 0 Å². The third kappa shape index (κ3) is 9.16. The fourth-order valence-electron chi connectivity index (χ4n) is 6.52. The first-order valence-electron chi connectivity index (χ1n) is 16.9. The molecule has 0 saturated heterocycles. The monoisotopic (exact) mass is 743 g/mol. The van der Waals surface area contributed by atoms with Crippen LogP contribution in [0.3, 0.4) is 0 Å². The topological polar surface area (TPSA) is 225 Å². The quantitative estimate of drug-likeness (QED) is 0.0712. The Morgan fingerprint density at radius 2 is 1.66 bits per heavy atom. The minimum absolute atomic E-state index is 0.00326. The zero-order chi connectivity index (χ0) is 40.2. The van der Waals surface area contributed by atoms with Gasteiger partial charge in [-0.05, 0) is 63.8 Å². The van der Waals surface area contributed by atoms with E-state index < -0.39 is 107 Å². The molecular formula is C38H49NO14. The van der Waals surface area contributed by atoms with Crippen molar-refractivity contribution in [3.05, 3.63) is 78.2 Å². The van der Waals surface area contributed by atoms with Gasteiger partial charge in [0.1, 0.15) is 23.4 Å². The van der Waals surface area contributed by atoms with Crippen LogP contribution in [0, 0.1) is 17.3 Å². The van der Waals surface area contributed by atoms with Gasteiger partial charge in [-0.25, -0.2) is 19.3 Å². The molecule has 0 spiro atoms. The third-order valence-electron chi connectivity index (χ3n) is 9.78. The molecule has 1 heterocycles. The highest BCUT2D eigenvalue weighted by atomic mass is 17.1. The summed E-state index contributed by atoms with van der Waals surface area (Å²) in [6.07, 6.45) is -4.01. The summed E-state index contributed by atoms with van der Waals surface area (Å²) in [5.74, 6) is -7.78. The molecular weight excluding hydrogens is 694 g/mol. The predicted octanol–water partition coefficient (Wildman–Crippen LogP) is 2.98. The van der Waals surface area contributed by atoms with E-state index in [4.69, 9.17) is 24.2 Å². The van der Waals surface area contributed by atoms with Crippen LogP contribution in [0.4, 0.5) is 0 Å². The van der Waals surface area contributed by atoms with Gasteiger partial charge in [0.05, 0.1) is 23.2 Å². The number of hydrogen-bond acceptors (Lipinski definition) is 15. The van der Waals surface area contributed by atoms with Gasteiger partial charge in [0.2, 0.25) is 0 Å². The first-order chi connectivity index (χ1) is 24.5. The number of aromatic nitrogens is 1. The maximum atomic E-state index is 14.3. The predicted molar refractivity (Wildman–Crippen MR) is 186 cm³/mol. The van der Waals surface area contributed by atoms with Gasteiger partial charge in [-0.3, -0.25) is 19.8 Å². The average Bonchev–Trinajstić information content (AvgIpc) is 3.37. The van der Waals surface area contributed by atoms with Crippen molar-refractivity contribution < 1.29 is 68.4 Å². The van der Waals surface area contributed by atoms with Crippen LogP contribution in [0.15, 0.2) is 72.6 Å². The van der Waals surface area contributed by atoms with Gasteiger partial charge in [0.25, 0.3) is 0 Å². The van der Waals surface area contributed by atoms with Gasteiger partial charge < -0.3 is 34.3 Å². The average molecular weight is 744 g/mol. The molecule has 0 aromatic carbocycles. The van der Waals surface area contributed by atoms with E-state index in [0.29, 0.717) is 0 Å². The highest BCUT2D eigenvalue weighted by Crippen LogP contribution is 2.49. The van der Waals surface area contributed by atoms with E-state index in [9.17, 15) is 39.3 Å². The molecule has 15 nitrogen and oxygen atoms in total. The lowest BCUT2D eigenvalue weighted by Crippen LogP contribution is -2.60. The molecule has 10 atom stereocenters. The van der Waals surface area contributed by atoms with Crippen LogP contribution in [-0.4, -0.2) is 103 Å². The highest BCUT2D eigenvalue weighted by Gasteiger charge is 2.64. The molecule has 15 heteroatoms. The zero-order valence-electron chi connectivity index (χ0n) is 31.1. The number of hydrogen-bond donors (Lipinski definition) is 4. The van der Waals surface area contributed by atoms with Crippen LogP contribution in [0.5, 0.6) is 0 Å². The summed E-state index contributed by atoms with van der Waals surface area (Å²) < 4.78 is 23.3. The summed E-state index contributed by atoms with van der Waals surface area (Å²) in [5.41, 5.74) is -7.27. The van der Waals surface area contributed by atoms with Crippen molar-refractivity contribution in [3.63, 3.8) is 0 Å². The van der Waals surface area contributed by atoms with Gasteiger partial charge in [0, 0.05) is 30.3 Å². The molecule has 1 aromatic heterocycles. The van der Waals surface area contributed by atoms with E-state index in [0.717, 1.165) is 19.9 Å². The van der Waals surface area contributed by atoms with E-state index >= 15 is 0 Å². The second-order valence-corrected chi connectivity index (χ2v) is 14.4. The molecule has 0 bridgehead atoms. The first-order valence-corrected chi connectivity index (χ1v) is 16.9. The molecule has 1 aromatic rings. The Morgan fingerprint density at radius 1 is 1.02 bits per heavy atom. The fourth-order valence-corrected chi connectivity index (χ4v) is 6.52. The molecule has 0 radical (unpaired) electrons. The van der Waals surface area contributed by atoms with Crippen molar-refractivity contribution >= 4 is 29.7 Å². The number of fused-ring (bicyclic) bond motifs is 1. The molecule has 3 rings (SSSR count). The summed E-state index contributed by atoms with van der Waals surface area (Å²) in [6, 6.07) is 2.90. The number of allylic oxidation sites excluding steroid dienone is 1. The second-order valence-electron chi connectivity index (χ2n) is 14.4. The first kappa shape index (κ1) is 42.9. The lowest BCUT2D eigenvalue weighted by atomic mass is 9.71. The Labute approximate surface area is 307 Å². The minimum Gasteiger partial charge on any atom is -0.458 e. The largest absolute Gasteiger partial charge is 0.458 e. The number of aliphatic hydroxyl groups is 3. The Hall–Kier alpha value is -4.54. The lowest BCUT2D eigenvalue weighted by molar-refractivity contribution is -0.264. The van der Waals surface area contributed by atoms with Gasteiger partial charge >= 0.3 is 23.9 Å². The molecule has 4 N–H and O–H groups in total. The number of esters is 4. The Bertz CT molecular complexity index is 1660. The normalized spacial score (nSPS) is 32.3. The number of ether oxygens (including phenoxy) is 4. The van der Waals surface area contributed by atoms with Crippen molar-refractivity contribution in [1.29, 1.82) is 0 Å². The molecule has 53 heavy (non-hydrogen) atoms. The number of pyridine rings is 1. The Balaban J connectivity index is 2.38. The Kier molecular flexibility index (Phi) is 13.5.